The second-order valence-corrected chi connectivity index (χ2v) is 9.30. The maximum atomic E-state index is 12.8. The molecule has 2 fully saturated rings. The second-order valence-electron chi connectivity index (χ2n) is 9.30. The van der Waals surface area contributed by atoms with Crippen molar-refractivity contribution in [2.45, 2.75) is 45.3 Å². The van der Waals surface area contributed by atoms with Crippen LogP contribution in [0.3, 0.4) is 0 Å². The number of hydrogen-bond donors (Lipinski definition) is 1. The Morgan fingerprint density at radius 3 is 2.81 bits per heavy atom. The molecule has 5 rings (SSSR count). The van der Waals surface area contributed by atoms with Gasteiger partial charge in [0.1, 0.15) is 0 Å². The topological polar surface area (TPSA) is 78.7 Å². The molecular formula is C24H31N7O. The van der Waals surface area contributed by atoms with E-state index in [4.69, 9.17) is 0 Å². The number of rotatable bonds is 7. The molecule has 0 unspecified atom stereocenters. The van der Waals surface area contributed by atoms with Gasteiger partial charge in [-0.1, -0.05) is 6.07 Å². The van der Waals surface area contributed by atoms with E-state index in [1.165, 1.54) is 19.4 Å². The molecule has 0 bridgehead atoms. The molecule has 2 aliphatic rings. The smallest absolute Gasteiger partial charge is 0.253 e. The predicted octanol–water partition coefficient (Wildman–Crippen LogP) is 2.53. The first-order valence-electron chi connectivity index (χ1n) is 11.6. The molecule has 0 spiro atoms. The van der Waals surface area contributed by atoms with Gasteiger partial charge in [-0.25, -0.2) is 0 Å². The maximum Gasteiger partial charge on any atom is 0.253 e. The van der Waals surface area contributed by atoms with Crippen molar-refractivity contribution in [2.75, 3.05) is 26.2 Å². The zero-order valence-electron chi connectivity index (χ0n) is 18.8. The lowest BCUT2D eigenvalue weighted by atomic mass is 10.1. The van der Waals surface area contributed by atoms with Crippen LogP contribution in [0, 0.1) is 5.92 Å². The third kappa shape index (κ3) is 4.52. The van der Waals surface area contributed by atoms with Crippen LogP contribution in [-0.4, -0.2) is 67.5 Å². The summed E-state index contributed by atoms with van der Waals surface area (Å²) in [7, 11) is 0. The summed E-state index contributed by atoms with van der Waals surface area (Å²) in [4.78, 5) is 22.0. The van der Waals surface area contributed by atoms with Crippen LogP contribution in [-0.2, 0) is 6.54 Å². The van der Waals surface area contributed by atoms with Crippen LogP contribution in [0.2, 0.25) is 0 Å². The number of fused-ring (bicyclic) bond motifs is 1. The van der Waals surface area contributed by atoms with Crippen LogP contribution in [0.5, 0.6) is 0 Å². The number of nitrogens with one attached hydrogen (secondary N) is 1. The highest BCUT2D eigenvalue weighted by atomic mass is 16.1. The van der Waals surface area contributed by atoms with E-state index in [1.807, 2.05) is 34.9 Å². The fourth-order valence-corrected chi connectivity index (χ4v) is 4.59. The van der Waals surface area contributed by atoms with Gasteiger partial charge in [-0.3, -0.25) is 24.0 Å². The van der Waals surface area contributed by atoms with Crippen LogP contribution in [0.1, 0.15) is 54.5 Å². The Morgan fingerprint density at radius 2 is 2.06 bits per heavy atom. The SMILES string of the molecule is CC(C)N1CCN(CC2CC2)C[C@H]1c1nnc2ccc(C(=O)NCc3cccnc3)cn12. The summed E-state index contributed by atoms with van der Waals surface area (Å²) in [5.41, 5.74) is 2.34. The molecule has 3 aromatic heterocycles. The van der Waals surface area contributed by atoms with E-state index in [-0.39, 0.29) is 11.9 Å². The van der Waals surface area contributed by atoms with Crippen molar-refractivity contribution in [1.82, 2.24) is 34.7 Å². The molecule has 1 N–H and O–H groups in total. The van der Waals surface area contributed by atoms with E-state index in [9.17, 15) is 4.79 Å². The lowest BCUT2D eigenvalue weighted by Crippen LogP contribution is -2.51. The van der Waals surface area contributed by atoms with Gasteiger partial charge in [0, 0.05) is 57.4 Å². The number of pyridine rings is 2. The van der Waals surface area contributed by atoms with E-state index >= 15 is 0 Å². The van der Waals surface area contributed by atoms with E-state index in [1.54, 1.807) is 12.4 Å². The summed E-state index contributed by atoms with van der Waals surface area (Å²) in [6, 6.07) is 8.08. The quantitative estimate of drug-likeness (QED) is 0.617. The van der Waals surface area contributed by atoms with Crippen molar-refractivity contribution < 1.29 is 4.79 Å². The highest BCUT2D eigenvalue weighted by Crippen LogP contribution is 2.33. The van der Waals surface area contributed by atoms with E-state index in [0.717, 1.165) is 42.6 Å². The van der Waals surface area contributed by atoms with Crippen molar-refractivity contribution >= 4 is 11.6 Å². The van der Waals surface area contributed by atoms with Gasteiger partial charge in [0.2, 0.25) is 0 Å². The monoisotopic (exact) mass is 433 g/mol. The summed E-state index contributed by atoms with van der Waals surface area (Å²) in [6.07, 6.45) is 8.09. The number of piperazine rings is 1. The number of amides is 1. The molecule has 8 nitrogen and oxygen atoms in total. The van der Waals surface area contributed by atoms with Crippen LogP contribution < -0.4 is 5.32 Å². The molecule has 1 saturated carbocycles. The first-order valence-corrected chi connectivity index (χ1v) is 11.6. The van der Waals surface area contributed by atoms with Crippen molar-refractivity contribution in [3.8, 4) is 0 Å². The lowest BCUT2D eigenvalue weighted by Gasteiger charge is -2.42. The molecule has 1 aliphatic heterocycles. The van der Waals surface area contributed by atoms with Gasteiger partial charge in [0.25, 0.3) is 5.91 Å². The van der Waals surface area contributed by atoms with Gasteiger partial charge >= 0.3 is 0 Å². The number of aromatic nitrogens is 4. The molecule has 1 aliphatic carbocycles. The Bertz CT molecular complexity index is 1080. The number of hydrogen-bond acceptors (Lipinski definition) is 6. The Labute approximate surface area is 188 Å². The highest BCUT2D eigenvalue weighted by Gasteiger charge is 2.35. The molecule has 1 saturated heterocycles. The minimum atomic E-state index is -0.116. The number of carbonyl (C=O) groups excluding carboxylic acids is 1. The van der Waals surface area contributed by atoms with Crippen molar-refractivity contribution in [2.24, 2.45) is 5.92 Å². The molecule has 0 radical (unpaired) electrons. The molecule has 4 heterocycles. The van der Waals surface area contributed by atoms with Gasteiger partial charge < -0.3 is 5.32 Å². The van der Waals surface area contributed by atoms with Gasteiger partial charge in [0.05, 0.1) is 11.6 Å². The number of carbonyl (C=O) groups is 1. The molecular weight excluding hydrogens is 402 g/mol. The zero-order valence-corrected chi connectivity index (χ0v) is 18.8. The lowest BCUT2D eigenvalue weighted by molar-refractivity contribution is 0.0437. The van der Waals surface area contributed by atoms with Gasteiger partial charge in [-0.05, 0) is 56.4 Å². The molecule has 32 heavy (non-hydrogen) atoms. The Morgan fingerprint density at radius 1 is 1.19 bits per heavy atom. The van der Waals surface area contributed by atoms with Crippen LogP contribution >= 0.6 is 0 Å². The van der Waals surface area contributed by atoms with Crippen molar-refractivity contribution in [3.63, 3.8) is 0 Å². The van der Waals surface area contributed by atoms with Crippen LogP contribution in [0.25, 0.3) is 5.65 Å². The average Bonchev–Trinajstić information content (AvgIpc) is 3.52. The number of nitrogens with zero attached hydrogens (tertiary/aromatic N) is 6. The first kappa shape index (κ1) is 21.0. The van der Waals surface area contributed by atoms with Crippen molar-refractivity contribution in [1.29, 1.82) is 0 Å². The Hall–Kier alpha value is -2.84. The summed E-state index contributed by atoms with van der Waals surface area (Å²) in [5.74, 6) is 1.66. The minimum Gasteiger partial charge on any atom is -0.348 e. The molecule has 168 valence electrons. The summed E-state index contributed by atoms with van der Waals surface area (Å²) in [5, 5.41) is 12.0. The predicted molar refractivity (Wildman–Crippen MR) is 122 cm³/mol. The fourth-order valence-electron chi connectivity index (χ4n) is 4.59. The van der Waals surface area contributed by atoms with Gasteiger partial charge in [-0.15, -0.1) is 10.2 Å². The van der Waals surface area contributed by atoms with Gasteiger partial charge in [-0.2, -0.15) is 0 Å². The second kappa shape index (κ2) is 8.96. The summed E-state index contributed by atoms with van der Waals surface area (Å²) >= 11 is 0. The van der Waals surface area contributed by atoms with E-state index in [0.29, 0.717) is 18.2 Å². The summed E-state index contributed by atoms with van der Waals surface area (Å²) < 4.78 is 2.00. The normalized spacial score (nSPS) is 20.2. The largest absolute Gasteiger partial charge is 0.348 e. The van der Waals surface area contributed by atoms with Crippen LogP contribution in [0.15, 0.2) is 42.9 Å². The van der Waals surface area contributed by atoms with Gasteiger partial charge in [0.15, 0.2) is 11.5 Å². The van der Waals surface area contributed by atoms with E-state index < -0.39 is 0 Å². The minimum absolute atomic E-state index is 0.116. The molecule has 1 atom stereocenters. The highest BCUT2D eigenvalue weighted by molar-refractivity contribution is 5.94. The molecule has 1 amide bonds. The third-order valence-electron chi connectivity index (χ3n) is 6.55. The average molecular weight is 434 g/mol. The maximum absolute atomic E-state index is 12.8. The first-order chi connectivity index (χ1) is 15.6. The molecule has 3 aromatic rings. The molecule has 8 heteroatoms. The Kier molecular flexibility index (Phi) is 5.89. The van der Waals surface area contributed by atoms with Crippen molar-refractivity contribution in [3.05, 3.63) is 59.8 Å². The standard InChI is InChI=1S/C24H31N7O/c1-17(2)30-11-10-29(14-18-5-6-18)16-21(30)23-28-27-22-8-7-20(15-31(22)23)24(32)26-13-19-4-3-9-25-12-19/h3-4,7-9,12,15,17-18,21H,5-6,10-11,13-14,16H2,1-2H3,(H,26,32)/t21-/m0/s1. The third-order valence-corrected chi connectivity index (χ3v) is 6.55. The fraction of sp³-hybridized carbons (Fsp3) is 0.500. The molecule has 0 aromatic carbocycles. The Balaban J connectivity index is 1.38. The van der Waals surface area contributed by atoms with E-state index in [2.05, 4.69) is 44.1 Å². The zero-order chi connectivity index (χ0) is 22.1. The van der Waals surface area contributed by atoms with Crippen LogP contribution in [0.4, 0.5) is 0 Å². The summed E-state index contributed by atoms with van der Waals surface area (Å²) in [6.45, 7) is 9.18.